The van der Waals surface area contributed by atoms with Crippen molar-refractivity contribution in [2.45, 2.75) is 58.9 Å². The van der Waals surface area contributed by atoms with Gasteiger partial charge < -0.3 is 19.0 Å². The van der Waals surface area contributed by atoms with Crippen molar-refractivity contribution in [1.29, 1.82) is 0 Å². The number of rotatable bonds is 9. The molecular formula is C22H32N2O6SSi. The zero-order chi connectivity index (χ0) is 24.1. The fraction of sp³-hybridized carbons (Fsp3) is 0.545. The maximum absolute atomic E-state index is 12.2. The standard InChI is InChI=1S/C22H32N2O6SSi/c1-8-28-20(26)15-11-10-14(19-24-16(13-31-19)21(27)29-9-2)18(23-15)17(25)12-30-32(6,7)22(3,4)5/h10-11,13,17,25H,8-9,12H2,1-7H3. The second-order valence-electron chi connectivity index (χ2n) is 8.70. The van der Waals surface area contributed by atoms with Crippen molar-refractivity contribution in [3.63, 3.8) is 0 Å². The summed E-state index contributed by atoms with van der Waals surface area (Å²) >= 11 is 1.23. The molecule has 2 aromatic rings. The molecule has 0 aromatic carbocycles. The number of pyridine rings is 1. The number of thiazole rings is 1. The van der Waals surface area contributed by atoms with Crippen molar-refractivity contribution < 1.29 is 28.6 Å². The average molecular weight is 481 g/mol. The molecule has 0 aliphatic heterocycles. The molecule has 0 fully saturated rings. The maximum atomic E-state index is 12.2. The molecule has 2 aromatic heterocycles. The first-order chi connectivity index (χ1) is 14.9. The SMILES string of the molecule is CCOC(=O)c1csc(-c2ccc(C(=O)OCC)nc2C(O)CO[Si](C)(C)C(C)(C)C)n1. The summed E-state index contributed by atoms with van der Waals surface area (Å²) in [5.74, 6) is -1.10. The molecule has 1 atom stereocenters. The Morgan fingerprint density at radius 2 is 1.66 bits per heavy atom. The van der Waals surface area contributed by atoms with Crippen LogP contribution in [0.3, 0.4) is 0 Å². The van der Waals surface area contributed by atoms with Gasteiger partial charge in [0, 0.05) is 10.9 Å². The van der Waals surface area contributed by atoms with Crippen molar-refractivity contribution in [2.24, 2.45) is 0 Å². The normalized spacial score (nSPS) is 13.0. The van der Waals surface area contributed by atoms with E-state index in [1.807, 2.05) is 0 Å². The number of hydrogen-bond donors (Lipinski definition) is 1. The third-order valence-corrected chi connectivity index (χ3v) is 10.7. The lowest BCUT2D eigenvalue weighted by Gasteiger charge is -2.36. The zero-order valence-electron chi connectivity index (χ0n) is 19.7. The van der Waals surface area contributed by atoms with Crippen LogP contribution in [0.4, 0.5) is 0 Å². The molecule has 1 N–H and O–H groups in total. The predicted molar refractivity (Wildman–Crippen MR) is 125 cm³/mol. The van der Waals surface area contributed by atoms with E-state index in [-0.39, 0.29) is 41.9 Å². The molecule has 176 valence electrons. The van der Waals surface area contributed by atoms with Gasteiger partial charge in [0.05, 0.1) is 25.5 Å². The van der Waals surface area contributed by atoms with Gasteiger partial charge >= 0.3 is 11.9 Å². The monoisotopic (exact) mass is 480 g/mol. The van der Waals surface area contributed by atoms with Crippen LogP contribution in [0.15, 0.2) is 17.5 Å². The number of carbonyl (C=O) groups excluding carboxylic acids is 2. The van der Waals surface area contributed by atoms with E-state index in [1.165, 1.54) is 17.4 Å². The number of aromatic nitrogens is 2. The molecule has 2 heterocycles. The number of aliphatic hydroxyl groups excluding tert-OH is 1. The van der Waals surface area contributed by atoms with Gasteiger partial charge in [-0.25, -0.2) is 19.6 Å². The van der Waals surface area contributed by atoms with E-state index in [0.29, 0.717) is 10.6 Å². The third-order valence-electron chi connectivity index (χ3n) is 5.35. The molecular weight excluding hydrogens is 448 g/mol. The van der Waals surface area contributed by atoms with Crippen molar-refractivity contribution in [3.8, 4) is 10.6 Å². The van der Waals surface area contributed by atoms with Gasteiger partial charge in [0.15, 0.2) is 14.0 Å². The summed E-state index contributed by atoms with van der Waals surface area (Å²) in [6.07, 6.45) is -1.09. The number of aliphatic hydroxyl groups is 1. The molecule has 32 heavy (non-hydrogen) atoms. The van der Waals surface area contributed by atoms with Gasteiger partial charge in [-0.2, -0.15) is 0 Å². The molecule has 0 amide bonds. The Labute approximate surface area is 194 Å². The van der Waals surface area contributed by atoms with E-state index in [4.69, 9.17) is 13.9 Å². The van der Waals surface area contributed by atoms with Gasteiger partial charge in [-0.05, 0) is 44.1 Å². The quantitative estimate of drug-likeness (QED) is 0.409. The van der Waals surface area contributed by atoms with Gasteiger partial charge in [-0.3, -0.25) is 0 Å². The first-order valence-electron chi connectivity index (χ1n) is 10.5. The van der Waals surface area contributed by atoms with Crippen LogP contribution in [-0.4, -0.2) is 55.2 Å². The van der Waals surface area contributed by atoms with Gasteiger partial charge in [0.25, 0.3) is 0 Å². The van der Waals surface area contributed by atoms with Gasteiger partial charge in [-0.1, -0.05) is 20.8 Å². The second-order valence-corrected chi connectivity index (χ2v) is 14.4. The number of hydrogen-bond acceptors (Lipinski definition) is 9. The van der Waals surface area contributed by atoms with Crippen LogP contribution >= 0.6 is 11.3 Å². The Balaban J connectivity index is 2.42. The number of carbonyl (C=O) groups is 2. The summed E-state index contributed by atoms with van der Waals surface area (Å²) in [6, 6.07) is 3.17. The third kappa shape index (κ3) is 6.22. The van der Waals surface area contributed by atoms with E-state index in [0.717, 1.165) is 0 Å². The molecule has 10 heteroatoms. The fourth-order valence-corrected chi connectivity index (χ4v) is 4.34. The van der Waals surface area contributed by atoms with Crippen LogP contribution in [0.5, 0.6) is 0 Å². The minimum atomic E-state index is -2.12. The van der Waals surface area contributed by atoms with Crippen molar-refractivity contribution >= 4 is 31.6 Å². The van der Waals surface area contributed by atoms with Gasteiger partial charge in [-0.15, -0.1) is 11.3 Å². The number of esters is 2. The highest BCUT2D eigenvalue weighted by molar-refractivity contribution is 7.13. The molecule has 8 nitrogen and oxygen atoms in total. The average Bonchev–Trinajstić information content (AvgIpc) is 3.21. The minimum Gasteiger partial charge on any atom is -0.461 e. The number of nitrogens with zero attached hydrogens (tertiary/aromatic N) is 2. The minimum absolute atomic E-state index is 0.0267. The van der Waals surface area contributed by atoms with Gasteiger partial charge in [0.1, 0.15) is 16.8 Å². The summed E-state index contributed by atoms with van der Waals surface area (Å²) in [6.45, 7) is 14.4. The van der Waals surface area contributed by atoms with Crippen molar-refractivity contribution in [1.82, 2.24) is 9.97 Å². The molecule has 0 radical (unpaired) electrons. The first kappa shape index (κ1) is 26.1. The molecule has 0 bridgehead atoms. The summed E-state index contributed by atoms with van der Waals surface area (Å²) in [4.78, 5) is 33.0. The van der Waals surface area contributed by atoms with Crippen molar-refractivity contribution in [3.05, 3.63) is 34.6 Å². The second kappa shape index (κ2) is 10.6. The zero-order valence-corrected chi connectivity index (χ0v) is 21.5. The molecule has 0 saturated carbocycles. The summed E-state index contributed by atoms with van der Waals surface area (Å²) in [7, 11) is -2.12. The first-order valence-corrected chi connectivity index (χ1v) is 14.3. The Kier molecular flexibility index (Phi) is 8.69. The van der Waals surface area contributed by atoms with Crippen LogP contribution < -0.4 is 0 Å². The molecule has 0 aliphatic rings. The lowest BCUT2D eigenvalue weighted by atomic mass is 10.1. The van der Waals surface area contributed by atoms with E-state index in [1.54, 1.807) is 25.3 Å². The van der Waals surface area contributed by atoms with E-state index in [2.05, 4.69) is 43.8 Å². The Hall–Kier alpha value is -2.14. The summed E-state index contributed by atoms with van der Waals surface area (Å²) in [5, 5.41) is 13.0. The number of ether oxygens (including phenoxy) is 2. The predicted octanol–water partition coefficient (Wildman–Crippen LogP) is 4.61. The topological polar surface area (TPSA) is 108 Å². The summed E-state index contributed by atoms with van der Waals surface area (Å²) in [5.41, 5.74) is 1.03. The highest BCUT2D eigenvalue weighted by Gasteiger charge is 2.38. The van der Waals surface area contributed by atoms with E-state index >= 15 is 0 Å². The van der Waals surface area contributed by atoms with Crippen LogP contribution in [0.25, 0.3) is 10.6 Å². The molecule has 0 aliphatic carbocycles. The Morgan fingerprint density at radius 3 is 2.22 bits per heavy atom. The van der Waals surface area contributed by atoms with Gasteiger partial charge in [0.2, 0.25) is 0 Å². The largest absolute Gasteiger partial charge is 0.461 e. The van der Waals surface area contributed by atoms with Crippen LogP contribution in [-0.2, 0) is 13.9 Å². The molecule has 2 rings (SSSR count). The van der Waals surface area contributed by atoms with E-state index in [9.17, 15) is 14.7 Å². The van der Waals surface area contributed by atoms with Crippen LogP contribution in [0, 0.1) is 0 Å². The van der Waals surface area contributed by atoms with Crippen molar-refractivity contribution in [2.75, 3.05) is 19.8 Å². The Bertz CT molecular complexity index is 954. The maximum Gasteiger partial charge on any atom is 0.357 e. The van der Waals surface area contributed by atoms with Crippen LogP contribution in [0.2, 0.25) is 18.1 Å². The van der Waals surface area contributed by atoms with Crippen LogP contribution in [0.1, 0.15) is 67.4 Å². The molecule has 0 saturated heterocycles. The highest BCUT2D eigenvalue weighted by Crippen LogP contribution is 2.38. The Morgan fingerprint density at radius 1 is 1.06 bits per heavy atom. The summed E-state index contributed by atoms with van der Waals surface area (Å²) < 4.78 is 16.2. The molecule has 0 spiro atoms. The smallest absolute Gasteiger partial charge is 0.357 e. The lowest BCUT2D eigenvalue weighted by Crippen LogP contribution is -2.41. The molecule has 1 unspecified atom stereocenters. The lowest BCUT2D eigenvalue weighted by molar-refractivity contribution is 0.0509. The fourth-order valence-electron chi connectivity index (χ4n) is 2.51. The van der Waals surface area contributed by atoms with E-state index < -0.39 is 26.4 Å². The highest BCUT2D eigenvalue weighted by atomic mass is 32.1.